The molecule has 2 aromatic carbocycles. The number of aromatic amines is 1. The van der Waals surface area contributed by atoms with Crippen molar-refractivity contribution in [3.05, 3.63) is 114 Å². The van der Waals surface area contributed by atoms with Gasteiger partial charge in [-0.15, -0.1) is 0 Å². The van der Waals surface area contributed by atoms with E-state index in [0.717, 1.165) is 11.0 Å². The molecule has 0 amide bonds. The first-order valence-corrected chi connectivity index (χ1v) is 9.70. The minimum atomic E-state index is -0.410. The summed E-state index contributed by atoms with van der Waals surface area (Å²) in [6, 6.07) is 18.5. The molecule has 0 atom stereocenters. The van der Waals surface area contributed by atoms with Crippen molar-refractivity contribution in [3.8, 4) is 11.5 Å². The van der Waals surface area contributed by atoms with Crippen LogP contribution in [0.15, 0.2) is 108 Å². The number of imidazole rings is 1. The van der Waals surface area contributed by atoms with Gasteiger partial charge in [-0.1, -0.05) is 43.8 Å². The minimum Gasteiger partial charge on any atom is -0.504 e. The van der Waals surface area contributed by atoms with Gasteiger partial charge >= 0.3 is 0 Å². The van der Waals surface area contributed by atoms with Crippen LogP contribution < -0.4 is 5.56 Å². The molecule has 0 radical (unpaired) electrons. The summed E-state index contributed by atoms with van der Waals surface area (Å²) < 4.78 is 0.528. The van der Waals surface area contributed by atoms with Crippen LogP contribution in [0.2, 0.25) is 0 Å². The molecule has 1 aliphatic rings. The summed E-state index contributed by atoms with van der Waals surface area (Å²) in [5.41, 5.74) is 1.71. The van der Waals surface area contributed by atoms with Gasteiger partial charge in [0.2, 0.25) is 5.78 Å². The number of aliphatic hydroxyl groups excluding tert-OH is 1. The Bertz CT molecular complexity index is 1240. The van der Waals surface area contributed by atoms with Crippen molar-refractivity contribution < 1.29 is 25.3 Å². The molecule has 1 aliphatic carbocycles. The average Bonchev–Trinajstić information content (AvgIpc) is 3.30. The zero-order chi connectivity index (χ0) is 24.1. The lowest BCUT2D eigenvalue weighted by Crippen LogP contribution is -2.13. The number of nitrogens with zero attached hydrogens (tertiary/aromatic N) is 2. The van der Waals surface area contributed by atoms with Gasteiger partial charge in [0.15, 0.2) is 17.3 Å². The number of aromatic hydroxyl groups is 2. The molecular formula is C25H27N3O6. The highest BCUT2D eigenvalue weighted by Crippen LogP contribution is 2.21. The van der Waals surface area contributed by atoms with Crippen LogP contribution in [0.25, 0.3) is 11.0 Å². The molecule has 0 unspecified atom stereocenters. The number of hydrogen-bond donors (Lipinski definition) is 5. The van der Waals surface area contributed by atoms with Crippen LogP contribution in [0.3, 0.4) is 0 Å². The van der Waals surface area contributed by atoms with Gasteiger partial charge in [0, 0.05) is 12.3 Å². The monoisotopic (exact) mass is 465 g/mol. The third kappa shape index (κ3) is 9.15. The Balaban J connectivity index is 0.000000225. The van der Waals surface area contributed by atoms with Gasteiger partial charge in [-0.05, 0) is 48.9 Å². The van der Waals surface area contributed by atoms with Gasteiger partial charge in [0.1, 0.15) is 0 Å². The van der Waals surface area contributed by atoms with Crippen molar-refractivity contribution in [3.63, 3.8) is 0 Å². The van der Waals surface area contributed by atoms with Crippen molar-refractivity contribution in [1.29, 1.82) is 0 Å². The van der Waals surface area contributed by atoms with E-state index in [4.69, 9.17) is 20.5 Å². The molecule has 178 valence electrons. The first-order chi connectivity index (χ1) is 15.9. The Morgan fingerprint density at radius 1 is 0.853 bits per heavy atom. The number of aliphatic hydroxyl groups is 1. The van der Waals surface area contributed by atoms with Crippen LogP contribution in [0, 0.1) is 0 Å². The van der Waals surface area contributed by atoms with E-state index in [1.165, 1.54) is 36.5 Å². The fourth-order valence-electron chi connectivity index (χ4n) is 2.30. The molecule has 2 aromatic heterocycles. The number of H-pyrrole nitrogens is 1. The summed E-state index contributed by atoms with van der Waals surface area (Å²) in [6.45, 7) is 0. The van der Waals surface area contributed by atoms with Crippen LogP contribution in [0.5, 0.6) is 11.5 Å². The highest BCUT2D eigenvalue weighted by Gasteiger charge is 2.03. The zero-order valence-corrected chi connectivity index (χ0v) is 17.4. The minimum absolute atomic E-state index is 0. The summed E-state index contributed by atoms with van der Waals surface area (Å²) in [4.78, 5) is 27.8. The van der Waals surface area contributed by atoms with E-state index >= 15 is 0 Å². The van der Waals surface area contributed by atoms with Gasteiger partial charge in [-0.2, -0.15) is 4.73 Å². The molecule has 2 heterocycles. The number of benzene rings is 2. The van der Waals surface area contributed by atoms with Crippen molar-refractivity contribution in [2.45, 2.75) is 13.8 Å². The maximum Gasteiger partial charge on any atom is 0.282 e. The van der Waals surface area contributed by atoms with E-state index in [0.29, 0.717) is 11.2 Å². The van der Waals surface area contributed by atoms with E-state index in [-0.39, 0.29) is 30.5 Å². The summed E-state index contributed by atoms with van der Waals surface area (Å²) in [6.07, 6.45) is 8.21. The lowest BCUT2D eigenvalue weighted by molar-refractivity contribution is -0.113. The predicted molar refractivity (Wildman–Crippen MR) is 130 cm³/mol. The molecule has 5 N–H and O–H groups in total. The third-order valence-electron chi connectivity index (χ3n) is 3.98. The molecule has 9 nitrogen and oxygen atoms in total. The van der Waals surface area contributed by atoms with Crippen LogP contribution in [-0.2, 0) is 4.79 Å². The number of para-hydroxylation sites is 4. The van der Waals surface area contributed by atoms with Gasteiger partial charge in [-0.25, -0.2) is 4.98 Å². The molecule has 4 aromatic rings. The Morgan fingerprint density at radius 2 is 1.47 bits per heavy atom. The Labute approximate surface area is 196 Å². The Hall–Kier alpha value is -4.79. The van der Waals surface area contributed by atoms with Crippen LogP contribution >= 0.6 is 0 Å². The zero-order valence-electron chi connectivity index (χ0n) is 17.4. The summed E-state index contributed by atoms with van der Waals surface area (Å²) in [7, 11) is 0. The van der Waals surface area contributed by atoms with Gasteiger partial charge in [0.05, 0.1) is 17.4 Å². The van der Waals surface area contributed by atoms with Crippen molar-refractivity contribution in [1.82, 2.24) is 14.7 Å². The maximum absolute atomic E-state index is 10.4. The average molecular weight is 466 g/mol. The molecule has 0 spiro atoms. The lowest BCUT2D eigenvalue weighted by Gasteiger charge is -1.96. The second-order valence-corrected chi connectivity index (χ2v) is 6.38. The SMILES string of the molecule is C.O=C1C=CCC=C1O.O=c1ccccn1O.Oc1ccccc1O.c1ccc2[nH]cnc2c1. The number of ketones is 1. The van der Waals surface area contributed by atoms with Crippen LogP contribution in [0.4, 0.5) is 0 Å². The van der Waals surface area contributed by atoms with Gasteiger partial charge in [-0.3, -0.25) is 9.59 Å². The first kappa shape index (κ1) is 27.2. The largest absolute Gasteiger partial charge is 0.504 e. The smallest absolute Gasteiger partial charge is 0.282 e. The van der Waals surface area contributed by atoms with Gasteiger partial charge < -0.3 is 25.5 Å². The highest BCUT2D eigenvalue weighted by atomic mass is 16.5. The standard InChI is InChI=1S/C7H6N2.2C6H6O2.C5H5NO2.CH4/c1-2-4-7-6(3-1)8-5-9-7;3*7-5-3-1-2-4-6(5)8;/h1-5H,(H,8,9);1,3-4,8H,2H2;1-4,7-8H;1-4,8H;1H4. The second kappa shape index (κ2) is 14.3. The summed E-state index contributed by atoms with van der Waals surface area (Å²) >= 11 is 0. The predicted octanol–water partition coefficient (Wildman–Crippen LogP) is 4.34. The van der Waals surface area contributed by atoms with E-state index in [1.54, 1.807) is 36.7 Å². The van der Waals surface area contributed by atoms with E-state index in [1.807, 2.05) is 24.3 Å². The van der Waals surface area contributed by atoms with E-state index in [9.17, 15) is 9.59 Å². The van der Waals surface area contributed by atoms with Crippen molar-refractivity contribution >= 4 is 16.8 Å². The fraction of sp³-hybridized carbons (Fsp3) is 0.0800. The molecule has 0 aliphatic heterocycles. The molecule has 0 fully saturated rings. The normalized spacial score (nSPS) is 11.3. The lowest BCUT2D eigenvalue weighted by atomic mass is 10.2. The number of nitrogens with one attached hydrogen (secondary N) is 1. The van der Waals surface area contributed by atoms with Crippen LogP contribution in [0.1, 0.15) is 13.8 Å². The number of carbonyl (C=O) groups is 1. The molecule has 9 heteroatoms. The molecule has 0 saturated carbocycles. The molecule has 0 bridgehead atoms. The molecular weight excluding hydrogens is 438 g/mol. The summed E-state index contributed by atoms with van der Waals surface area (Å²) in [5, 5.41) is 34.5. The fourth-order valence-corrected chi connectivity index (χ4v) is 2.30. The first-order valence-electron chi connectivity index (χ1n) is 9.70. The quantitative estimate of drug-likeness (QED) is 0.192. The van der Waals surface area contributed by atoms with E-state index in [2.05, 4.69) is 9.97 Å². The highest BCUT2D eigenvalue weighted by molar-refractivity contribution is 6.02. The Morgan fingerprint density at radius 3 is 1.94 bits per heavy atom. The molecule has 0 saturated heterocycles. The number of phenols is 2. The van der Waals surface area contributed by atoms with E-state index < -0.39 is 5.56 Å². The number of fused-ring (bicyclic) bond motifs is 1. The molecule has 5 rings (SSSR count). The maximum atomic E-state index is 10.4. The topological polar surface area (TPSA) is 149 Å². The van der Waals surface area contributed by atoms with Gasteiger partial charge in [0.25, 0.3) is 5.56 Å². The Kier molecular flexibility index (Phi) is 11.5. The number of allylic oxidation sites excluding steroid dienone is 3. The third-order valence-corrected chi connectivity index (χ3v) is 3.98. The number of hydrogen-bond acceptors (Lipinski definition) is 7. The van der Waals surface area contributed by atoms with Crippen molar-refractivity contribution in [2.24, 2.45) is 0 Å². The second-order valence-electron chi connectivity index (χ2n) is 6.38. The van der Waals surface area contributed by atoms with Crippen molar-refractivity contribution in [2.75, 3.05) is 0 Å². The van der Waals surface area contributed by atoms with Crippen LogP contribution in [-0.4, -0.2) is 41.0 Å². The molecule has 34 heavy (non-hydrogen) atoms. The number of rotatable bonds is 0. The number of aromatic nitrogens is 3. The number of pyridine rings is 1. The number of phenolic OH excluding ortho intramolecular Hbond substituents is 2. The summed E-state index contributed by atoms with van der Waals surface area (Å²) in [5.74, 6) is -0.580. The number of carbonyl (C=O) groups excluding carboxylic acids is 1.